The third-order valence-electron chi connectivity index (χ3n) is 1.50. The number of nitriles is 1. The van der Waals surface area contributed by atoms with Gasteiger partial charge in [0.15, 0.2) is 5.82 Å². The highest BCUT2D eigenvalue weighted by atomic mass is 19.4. The zero-order valence-electron chi connectivity index (χ0n) is 6.49. The number of halogens is 5. The van der Waals surface area contributed by atoms with Crippen LogP contribution in [-0.2, 0) is 6.18 Å². The van der Waals surface area contributed by atoms with Crippen molar-refractivity contribution in [2.45, 2.75) is 6.18 Å². The number of alkyl halides is 3. The first kappa shape index (κ1) is 10.4. The van der Waals surface area contributed by atoms with E-state index >= 15 is 0 Å². The van der Waals surface area contributed by atoms with Gasteiger partial charge in [0.05, 0.1) is 5.56 Å². The van der Waals surface area contributed by atoms with Gasteiger partial charge in [0.1, 0.15) is 17.4 Å². The maximum Gasteiger partial charge on any atom is 0.422 e. The van der Waals surface area contributed by atoms with Gasteiger partial charge in [0.2, 0.25) is 0 Å². The summed E-state index contributed by atoms with van der Waals surface area (Å²) in [7, 11) is 0. The second-order valence-corrected chi connectivity index (χ2v) is 2.39. The van der Waals surface area contributed by atoms with E-state index in [-0.39, 0.29) is 0 Å². The Bertz CT molecular complexity index is 401. The quantitative estimate of drug-likeness (QED) is 0.600. The van der Waals surface area contributed by atoms with E-state index in [0.29, 0.717) is 12.1 Å². The molecule has 74 valence electrons. The number of hydrogen-bond acceptors (Lipinski definition) is 1. The van der Waals surface area contributed by atoms with Gasteiger partial charge < -0.3 is 0 Å². The lowest BCUT2D eigenvalue weighted by Gasteiger charge is -2.09. The zero-order valence-corrected chi connectivity index (χ0v) is 6.49. The maximum atomic E-state index is 12.8. The Morgan fingerprint density at radius 1 is 1.14 bits per heavy atom. The molecule has 0 aliphatic carbocycles. The van der Waals surface area contributed by atoms with E-state index in [4.69, 9.17) is 5.26 Å². The van der Waals surface area contributed by atoms with Crippen molar-refractivity contribution in [1.29, 1.82) is 5.26 Å². The largest absolute Gasteiger partial charge is 0.422 e. The molecule has 0 aliphatic rings. The summed E-state index contributed by atoms with van der Waals surface area (Å²) in [5, 5.41) is 8.22. The van der Waals surface area contributed by atoms with Crippen LogP contribution < -0.4 is 0 Å². The summed E-state index contributed by atoms with van der Waals surface area (Å²) in [6, 6.07) is 2.25. The molecule has 0 amide bonds. The van der Waals surface area contributed by atoms with Crippen molar-refractivity contribution in [2.24, 2.45) is 0 Å². The van der Waals surface area contributed by atoms with Gasteiger partial charge in [-0.1, -0.05) is 0 Å². The summed E-state index contributed by atoms with van der Waals surface area (Å²) < 4.78 is 61.5. The molecule has 0 bridgehead atoms. The fraction of sp³-hybridized carbons (Fsp3) is 0.125. The number of rotatable bonds is 0. The van der Waals surface area contributed by atoms with Crippen molar-refractivity contribution in [1.82, 2.24) is 0 Å². The average molecular weight is 207 g/mol. The fourth-order valence-electron chi connectivity index (χ4n) is 0.899. The average Bonchev–Trinajstić information content (AvgIpc) is 2.02. The Kier molecular flexibility index (Phi) is 2.43. The molecule has 0 aliphatic heterocycles. The van der Waals surface area contributed by atoms with Gasteiger partial charge in [0, 0.05) is 0 Å². The van der Waals surface area contributed by atoms with E-state index < -0.39 is 28.9 Å². The predicted octanol–water partition coefficient (Wildman–Crippen LogP) is 2.86. The molecule has 14 heavy (non-hydrogen) atoms. The van der Waals surface area contributed by atoms with Gasteiger partial charge in [0.25, 0.3) is 0 Å². The molecule has 0 N–H and O–H groups in total. The van der Waals surface area contributed by atoms with Crippen LogP contribution >= 0.6 is 0 Å². The standard InChI is InChI=1S/C8H2F5N/c9-5-2-1-4(3-14)7(10)6(5)8(11,12)13/h1-2H. The van der Waals surface area contributed by atoms with Crippen LogP contribution in [0.2, 0.25) is 0 Å². The molecule has 1 aromatic carbocycles. The molecule has 0 saturated carbocycles. The lowest BCUT2D eigenvalue weighted by atomic mass is 10.1. The Morgan fingerprint density at radius 2 is 1.71 bits per heavy atom. The highest BCUT2D eigenvalue weighted by Gasteiger charge is 2.38. The van der Waals surface area contributed by atoms with Crippen molar-refractivity contribution < 1.29 is 22.0 Å². The molecule has 0 saturated heterocycles. The number of hydrogen-bond donors (Lipinski definition) is 0. The second-order valence-electron chi connectivity index (χ2n) is 2.39. The fourth-order valence-corrected chi connectivity index (χ4v) is 0.899. The van der Waals surface area contributed by atoms with Crippen LogP contribution in [0.4, 0.5) is 22.0 Å². The molecular weight excluding hydrogens is 205 g/mol. The van der Waals surface area contributed by atoms with Crippen molar-refractivity contribution in [2.75, 3.05) is 0 Å². The number of benzene rings is 1. The molecule has 1 nitrogen and oxygen atoms in total. The minimum absolute atomic E-state index is 0.407. The molecule has 0 unspecified atom stereocenters. The van der Waals surface area contributed by atoms with E-state index in [9.17, 15) is 22.0 Å². The third-order valence-corrected chi connectivity index (χ3v) is 1.50. The van der Waals surface area contributed by atoms with Crippen LogP contribution in [0.1, 0.15) is 11.1 Å². The van der Waals surface area contributed by atoms with E-state index in [2.05, 4.69) is 0 Å². The Hall–Kier alpha value is -1.64. The van der Waals surface area contributed by atoms with Crippen LogP contribution in [0.15, 0.2) is 12.1 Å². The lowest BCUT2D eigenvalue weighted by molar-refractivity contribution is -0.142. The third kappa shape index (κ3) is 1.66. The van der Waals surface area contributed by atoms with Crippen LogP contribution in [0.3, 0.4) is 0 Å². The van der Waals surface area contributed by atoms with Gasteiger partial charge in [-0.3, -0.25) is 0 Å². The summed E-state index contributed by atoms with van der Waals surface area (Å²) in [5.74, 6) is -3.60. The summed E-state index contributed by atoms with van der Waals surface area (Å²) in [5.41, 5.74) is -2.87. The lowest BCUT2D eigenvalue weighted by Crippen LogP contribution is -2.12. The van der Waals surface area contributed by atoms with Crippen molar-refractivity contribution >= 4 is 0 Å². The Labute approximate surface area is 75.4 Å². The molecule has 1 aromatic rings. The van der Waals surface area contributed by atoms with Crippen molar-refractivity contribution in [3.05, 3.63) is 34.9 Å². The van der Waals surface area contributed by atoms with E-state index in [1.807, 2.05) is 0 Å². The van der Waals surface area contributed by atoms with E-state index in [0.717, 1.165) is 0 Å². The zero-order chi connectivity index (χ0) is 10.9. The Morgan fingerprint density at radius 3 is 2.14 bits per heavy atom. The highest BCUT2D eigenvalue weighted by molar-refractivity contribution is 5.37. The molecule has 0 fully saturated rings. The molecule has 6 heteroatoms. The van der Waals surface area contributed by atoms with Crippen LogP contribution in [0, 0.1) is 23.0 Å². The van der Waals surface area contributed by atoms with Gasteiger partial charge in [-0.15, -0.1) is 0 Å². The molecule has 0 aromatic heterocycles. The van der Waals surface area contributed by atoms with Crippen molar-refractivity contribution in [3.63, 3.8) is 0 Å². The summed E-state index contributed by atoms with van der Waals surface area (Å²) in [6.07, 6.45) is -5.14. The molecular formula is C8H2F5N. The molecule has 0 spiro atoms. The first-order chi connectivity index (χ1) is 6.38. The van der Waals surface area contributed by atoms with Crippen LogP contribution in [-0.4, -0.2) is 0 Å². The summed E-state index contributed by atoms with van der Waals surface area (Å²) in [4.78, 5) is 0. The molecule has 0 radical (unpaired) electrons. The normalized spacial score (nSPS) is 11.1. The topological polar surface area (TPSA) is 23.8 Å². The van der Waals surface area contributed by atoms with Gasteiger partial charge in [-0.2, -0.15) is 18.4 Å². The monoisotopic (exact) mass is 207 g/mol. The predicted molar refractivity (Wildman–Crippen MR) is 36.1 cm³/mol. The minimum Gasteiger partial charge on any atom is -0.206 e. The SMILES string of the molecule is N#Cc1ccc(F)c(C(F)(F)F)c1F. The van der Waals surface area contributed by atoms with E-state index in [1.165, 1.54) is 6.07 Å². The minimum atomic E-state index is -5.14. The summed E-state index contributed by atoms with van der Waals surface area (Å²) >= 11 is 0. The first-order valence-corrected chi connectivity index (χ1v) is 3.33. The second kappa shape index (κ2) is 3.25. The van der Waals surface area contributed by atoms with Crippen molar-refractivity contribution in [3.8, 4) is 6.07 Å². The smallest absolute Gasteiger partial charge is 0.206 e. The van der Waals surface area contributed by atoms with Crippen LogP contribution in [0.25, 0.3) is 0 Å². The maximum absolute atomic E-state index is 12.8. The first-order valence-electron chi connectivity index (χ1n) is 3.33. The summed E-state index contributed by atoms with van der Waals surface area (Å²) in [6.45, 7) is 0. The highest BCUT2D eigenvalue weighted by Crippen LogP contribution is 2.34. The van der Waals surface area contributed by atoms with Crippen LogP contribution in [0.5, 0.6) is 0 Å². The van der Waals surface area contributed by atoms with E-state index in [1.54, 1.807) is 0 Å². The molecule has 0 heterocycles. The van der Waals surface area contributed by atoms with Gasteiger partial charge in [-0.05, 0) is 12.1 Å². The van der Waals surface area contributed by atoms with Gasteiger partial charge in [-0.25, -0.2) is 8.78 Å². The molecule has 1 rings (SSSR count). The van der Waals surface area contributed by atoms with Gasteiger partial charge >= 0.3 is 6.18 Å². The molecule has 0 atom stereocenters. The Balaban J connectivity index is 3.50. The number of nitrogens with zero attached hydrogens (tertiary/aromatic N) is 1.